The van der Waals surface area contributed by atoms with Crippen LogP contribution in [0.5, 0.6) is 0 Å². The SMILES string of the molecule is CC(NC(=O)c1ccc(F)c(F)c1)(C(=O)O)C(F)(F)F. The molecular weight excluding hydrogens is 289 g/mol. The summed E-state index contributed by atoms with van der Waals surface area (Å²) in [5, 5.41) is 9.84. The van der Waals surface area contributed by atoms with Gasteiger partial charge in [0.15, 0.2) is 11.6 Å². The Morgan fingerprint density at radius 3 is 2.10 bits per heavy atom. The van der Waals surface area contributed by atoms with Gasteiger partial charge in [0.05, 0.1) is 0 Å². The summed E-state index contributed by atoms with van der Waals surface area (Å²) in [5.74, 6) is -6.56. The average molecular weight is 297 g/mol. The van der Waals surface area contributed by atoms with E-state index in [0.29, 0.717) is 12.1 Å². The van der Waals surface area contributed by atoms with Crippen LogP contribution in [0.15, 0.2) is 18.2 Å². The van der Waals surface area contributed by atoms with Crippen molar-refractivity contribution in [2.45, 2.75) is 18.6 Å². The summed E-state index contributed by atoms with van der Waals surface area (Å²) in [7, 11) is 0. The molecule has 0 spiro atoms. The maximum atomic E-state index is 12.9. The van der Waals surface area contributed by atoms with Crippen LogP contribution in [0.2, 0.25) is 0 Å². The van der Waals surface area contributed by atoms with Gasteiger partial charge in [-0.15, -0.1) is 0 Å². The Kier molecular flexibility index (Phi) is 4.02. The Bertz CT molecular complexity index is 557. The first-order valence-corrected chi connectivity index (χ1v) is 5.06. The molecule has 1 atom stereocenters. The number of halogens is 5. The summed E-state index contributed by atoms with van der Waals surface area (Å²) >= 11 is 0. The van der Waals surface area contributed by atoms with Crippen molar-refractivity contribution in [3.63, 3.8) is 0 Å². The fourth-order valence-electron chi connectivity index (χ4n) is 1.18. The van der Waals surface area contributed by atoms with Crippen molar-refractivity contribution in [1.29, 1.82) is 0 Å². The molecule has 0 fully saturated rings. The highest BCUT2D eigenvalue weighted by Crippen LogP contribution is 2.30. The monoisotopic (exact) mass is 297 g/mol. The Morgan fingerprint density at radius 2 is 1.70 bits per heavy atom. The molecule has 0 bridgehead atoms. The van der Waals surface area contributed by atoms with Gasteiger partial charge in [0.1, 0.15) is 0 Å². The molecule has 20 heavy (non-hydrogen) atoms. The minimum Gasteiger partial charge on any atom is -0.479 e. The van der Waals surface area contributed by atoms with E-state index >= 15 is 0 Å². The van der Waals surface area contributed by atoms with Gasteiger partial charge in [-0.3, -0.25) is 4.79 Å². The summed E-state index contributed by atoms with van der Waals surface area (Å²) in [5.41, 5.74) is -4.18. The predicted molar refractivity (Wildman–Crippen MR) is 55.9 cm³/mol. The first kappa shape index (κ1) is 15.9. The fraction of sp³-hybridized carbons (Fsp3) is 0.273. The maximum absolute atomic E-state index is 12.9. The Hall–Kier alpha value is -2.19. The van der Waals surface area contributed by atoms with Crippen LogP contribution in [0.4, 0.5) is 22.0 Å². The van der Waals surface area contributed by atoms with Crippen LogP contribution in [-0.2, 0) is 4.79 Å². The van der Waals surface area contributed by atoms with Crippen molar-refractivity contribution >= 4 is 11.9 Å². The van der Waals surface area contributed by atoms with Gasteiger partial charge in [-0.2, -0.15) is 13.2 Å². The lowest BCUT2D eigenvalue weighted by Crippen LogP contribution is -2.61. The third kappa shape index (κ3) is 2.86. The van der Waals surface area contributed by atoms with Crippen molar-refractivity contribution in [2.75, 3.05) is 0 Å². The number of carboxylic acid groups (broad SMARTS) is 1. The standard InChI is InChI=1S/C11H8F5NO3/c1-10(9(19)20,11(14,15)16)17-8(18)5-2-3-6(12)7(13)4-5/h2-4H,1H3,(H,17,18)(H,19,20). The molecule has 110 valence electrons. The molecule has 0 saturated heterocycles. The van der Waals surface area contributed by atoms with Crippen LogP contribution in [0, 0.1) is 11.6 Å². The van der Waals surface area contributed by atoms with Crippen molar-refractivity contribution in [1.82, 2.24) is 5.32 Å². The topological polar surface area (TPSA) is 66.4 Å². The maximum Gasteiger partial charge on any atom is 0.422 e. The zero-order valence-corrected chi connectivity index (χ0v) is 9.89. The number of hydrogen-bond acceptors (Lipinski definition) is 2. The summed E-state index contributed by atoms with van der Waals surface area (Å²) < 4.78 is 63.4. The molecule has 0 aliphatic carbocycles. The highest BCUT2D eigenvalue weighted by molar-refractivity contribution is 5.98. The second-order valence-electron chi connectivity index (χ2n) is 4.01. The quantitative estimate of drug-likeness (QED) is 0.840. The van der Waals surface area contributed by atoms with Crippen molar-refractivity contribution in [3.05, 3.63) is 35.4 Å². The number of amides is 1. The summed E-state index contributed by atoms with van der Waals surface area (Å²) in [6.07, 6.45) is -5.27. The Balaban J connectivity index is 3.09. The molecule has 1 rings (SSSR count). The number of benzene rings is 1. The smallest absolute Gasteiger partial charge is 0.422 e. The van der Waals surface area contributed by atoms with Crippen molar-refractivity contribution in [2.24, 2.45) is 0 Å². The van der Waals surface area contributed by atoms with Gasteiger partial charge < -0.3 is 10.4 Å². The second-order valence-corrected chi connectivity index (χ2v) is 4.01. The lowest BCUT2D eigenvalue weighted by Gasteiger charge is -2.28. The van der Waals surface area contributed by atoms with Gasteiger partial charge in [-0.1, -0.05) is 0 Å². The first-order valence-electron chi connectivity index (χ1n) is 5.06. The highest BCUT2D eigenvalue weighted by atomic mass is 19.4. The van der Waals surface area contributed by atoms with E-state index in [9.17, 15) is 31.5 Å². The van der Waals surface area contributed by atoms with Gasteiger partial charge in [-0.25, -0.2) is 13.6 Å². The molecule has 0 aromatic heterocycles. The van der Waals surface area contributed by atoms with E-state index in [2.05, 4.69) is 0 Å². The summed E-state index contributed by atoms with van der Waals surface area (Å²) in [4.78, 5) is 22.2. The Morgan fingerprint density at radius 1 is 1.15 bits per heavy atom. The van der Waals surface area contributed by atoms with E-state index in [1.54, 1.807) is 0 Å². The molecule has 0 aliphatic rings. The molecular formula is C11H8F5NO3. The van der Waals surface area contributed by atoms with E-state index in [1.807, 2.05) is 0 Å². The van der Waals surface area contributed by atoms with Gasteiger partial charge in [0, 0.05) is 5.56 Å². The van der Waals surface area contributed by atoms with Crippen LogP contribution in [0.25, 0.3) is 0 Å². The van der Waals surface area contributed by atoms with Crippen LogP contribution < -0.4 is 5.32 Å². The lowest BCUT2D eigenvalue weighted by molar-refractivity contribution is -0.203. The minimum atomic E-state index is -5.27. The minimum absolute atomic E-state index is 0.243. The largest absolute Gasteiger partial charge is 0.479 e. The molecule has 1 unspecified atom stereocenters. The number of hydrogen-bond donors (Lipinski definition) is 2. The number of alkyl halides is 3. The molecule has 2 N–H and O–H groups in total. The predicted octanol–water partition coefficient (Wildman–Crippen LogP) is 2.10. The second kappa shape index (κ2) is 5.06. The fourth-order valence-corrected chi connectivity index (χ4v) is 1.18. The molecule has 1 aromatic rings. The molecule has 4 nitrogen and oxygen atoms in total. The number of carbonyl (C=O) groups excluding carboxylic acids is 1. The number of aliphatic carboxylic acids is 1. The van der Waals surface area contributed by atoms with Crippen molar-refractivity contribution in [3.8, 4) is 0 Å². The number of carbonyl (C=O) groups is 2. The summed E-state index contributed by atoms with van der Waals surface area (Å²) in [6.45, 7) is 0.243. The average Bonchev–Trinajstić information content (AvgIpc) is 2.30. The number of carboxylic acids is 1. The van der Waals surface area contributed by atoms with Crippen LogP contribution in [0.3, 0.4) is 0 Å². The van der Waals surface area contributed by atoms with Crippen LogP contribution >= 0.6 is 0 Å². The van der Waals surface area contributed by atoms with E-state index < -0.39 is 40.8 Å². The highest BCUT2D eigenvalue weighted by Gasteiger charge is 2.58. The third-order valence-corrected chi connectivity index (χ3v) is 2.54. The molecule has 9 heteroatoms. The van der Waals surface area contributed by atoms with Crippen LogP contribution in [-0.4, -0.2) is 28.7 Å². The Labute approximate surface area is 109 Å². The van der Waals surface area contributed by atoms with E-state index in [0.717, 1.165) is 6.07 Å². The van der Waals surface area contributed by atoms with Crippen molar-refractivity contribution < 1.29 is 36.6 Å². The number of nitrogens with one attached hydrogen (secondary N) is 1. The molecule has 0 radical (unpaired) electrons. The molecule has 0 aliphatic heterocycles. The van der Waals surface area contributed by atoms with E-state index in [-0.39, 0.29) is 6.92 Å². The summed E-state index contributed by atoms with van der Waals surface area (Å²) in [6, 6.07) is 1.63. The zero-order chi connectivity index (χ0) is 15.7. The normalized spacial score (nSPS) is 14.5. The third-order valence-electron chi connectivity index (χ3n) is 2.54. The number of rotatable bonds is 3. The van der Waals surface area contributed by atoms with Gasteiger partial charge in [0.2, 0.25) is 5.54 Å². The molecule has 1 aromatic carbocycles. The van der Waals surface area contributed by atoms with E-state index in [4.69, 9.17) is 5.11 Å². The molecule has 1 amide bonds. The van der Waals surface area contributed by atoms with Gasteiger partial charge >= 0.3 is 12.1 Å². The zero-order valence-electron chi connectivity index (χ0n) is 9.89. The lowest BCUT2D eigenvalue weighted by atomic mass is 10.0. The first-order chi connectivity index (χ1) is 8.99. The molecule has 0 saturated carbocycles. The molecule has 0 heterocycles. The van der Waals surface area contributed by atoms with Gasteiger partial charge in [-0.05, 0) is 25.1 Å². The van der Waals surface area contributed by atoms with E-state index in [1.165, 1.54) is 5.32 Å². The van der Waals surface area contributed by atoms with Gasteiger partial charge in [0.25, 0.3) is 5.91 Å². The van der Waals surface area contributed by atoms with Crippen LogP contribution in [0.1, 0.15) is 17.3 Å².